The maximum Gasteiger partial charge on any atom is 0.407 e. The van der Waals surface area contributed by atoms with Crippen molar-refractivity contribution in [1.29, 1.82) is 0 Å². The zero-order valence-electron chi connectivity index (χ0n) is 20.8. The highest BCUT2D eigenvalue weighted by Gasteiger charge is 2.30. The molecular formula is C28H36N2O5. The van der Waals surface area contributed by atoms with Crippen molar-refractivity contribution >= 4 is 18.0 Å². The van der Waals surface area contributed by atoms with Crippen LogP contribution in [0.1, 0.15) is 63.5 Å². The third-order valence-corrected chi connectivity index (χ3v) is 6.40. The summed E-state index contributed by atoms with van der Waals surface area (Å²) in [6.45, 7) is 7.03. The molecular weight excluding hydrogens is 444 g/mol. The van der Waals surface area contributed by atoms with Crippen LogP contribution in [-0.2, 0) is 14.3 Å². The number of aliphatic carboxylic acids is 1. The second kappa shape index (κ2) is 12.4. The first-order valence-electron chi connectivity index (χ1n) is 12.4. The highest BCUT2D eigenvalue weighted by Crippen LogP contribution is 2.44. The van der Waals surface area contributed by atoms with Gasteiger partial charge in [-0.2, -0.15) is 0 Å². The highest BCUT2D eigenvalue weighted by molar-refractivity contribution is 5.86. The molecule has 3 rings (SSSR count). The van der Waals surface area contributed by atoms with E-state index in [0.29, 0.717) is 32.4 Å². The van der Waals surface area contributed by atoms with Gasteiger partial charge in [-0.15, -0.1) is 0 Å². The van der Waals surface area contributed by atoms with E-state index in [-0.39, 0.29) is 30.8 Å². The number of carboxylic acid groups (broad SMARTS) is 1. The molecule has 35 heavy (non-hydrogen) atoms. The Kier molecular flexibility index (Phi) is 9.29. The molecule has 1 aliphatic rings. The number of nitrogens with one attached hydrogen (secondary N) is 1. The number of carbonyl (C=O) groups excluding carboxylic acids is 2. The summed E-state index contributed by atoms with van der Waals surface area (Å²) in [4.78, 5) is 38.4. The summed E-state index contributed by atoms with van der Waals surface area (Å²) >= 11 is 0. The molecule has 0 bridgehead atoms. The smallest absolute Gasteiger partial charge is 0.407 e. The number of likely N-dealkylation sites (N-methyl/N-ethyl adjacent to an activating group) is 1. The number of hydrogen-bond donors (Lipinski definition) is 2. The second-order valence-corrected chi connectivity index (χ2v) is 9.42. The number of alkyl carbamates (subject to hydrolysis) is 1. The quantitative estimate of drug-likeness (QED) is 0.415. The zero-order valence-corrected chi connectivity index (χ0v) is 20.8. The van der Waals surface area contributed by atoms with Crippen LogP contribution in [-0.4, -0.2) is 53.7 Å². The lowest BCUT2D eigenvalue weighted by molar-refractivity contribution is -0.137. The number of carboxylic acids is 1. The van der Waals surface area contributed by atoms with Gasteiger partial charge in [0.15, 0.2) is 0 Å². The minimum atomic E-state index is -0.839. The molecule has 0 saturated carbocycles. The van der Waals surface area contributed by atoms with Gasteiger partial charge in [-0.25, -0.2) is 4.79 Å². The molecule has 2 aromatic carbocycles. The number of unbranched alkanes of at least 4 members (excludes halogenated alkanes) is 1. The van der Waals surface area contributed by atoms with Crippen LogP contribution in [0.25, 0.3) is 11.1 Å². The van der Waals surface area contributed by atoms with E-state index in [9.17, 15) is 14.4 Å². The van der Waals surface area contributed by atoms with Crippen LogP contribution in [0.15, 0.2) is 48.5 Å². The van der Waals surface area contributed by atoms with E-state index in [2.05, 4.69) is 29.6 Å². The Balaban J connectivity index is 1.62. The SMILES string of the molecule is CCN(CCCCC(=O)O)C(=O)C(CC(C)C)NC(=O)OCC1c2ccccc2-c2ccccc21. The first-order chi connectivity index (χ1) is 16.8. The Morgan fingerprint density at radius 2 is 1.60 bits per heavy atom. The average molecular weight is 481 g/mol. The lowest BCUT2D eigenvalue weighted by Crippen LogP contribution is -2.49. The molecule has 0 saturated heterocycles. The molecule has 7 nitrogen and oxygen atoms in total. The zero-order chi connectivity index (χ0) is 25.4. The van der Waals surface area contributed by atoms with E-state index >= 15 is 0 Å². The average Bonchev–Trinajstić information content (AvgIpc) is 3.15. The van der Waals surface area contributed by atoms with Crippen LogP contribution in [0.5, 0.6) is 0 Å². The summed E-state index contributed by atoms with van der Waals surface area (Å²) in [6, 6.07) is 15.6. The van der Waals surface area contributed by atoms with Gasteiger partial charge in [0, 0.05) is 25.4 Å². The maximum absolute atomic E-state index is 13.2. The van der Waals surface area contributed by atoms with Gasteiger partial charge in [-0.1, -0.05) is 62.4 Å². The molecule has 2 amide bonds. The number of hydrogen-bond acceptors (Lipinski definition) is 4. The van der Waals surface area contributed by atoms with Crippen molar-refractivity contribution in [3.05, 3.63) is 59.7 Å². The van der Waals surface area contributed by atoms with Gasteiger partial charge in [-0.05, 0) is 54.4 Å². The monoisotopic (exact) mass is 480 g/mol. The third kappa shape index (κ3) is 6.84. The second-order valence-electron chi connectivity index (χ2n) is 9.42. The summed E-state index contributed by atoms with van der Waals surface area (Å²) < 4.78 is 5.65. The maximum atomic E-state index is 13.2. The summed E-state index contributed by atoms with van der Waals surface area (Å²) in [6.07, 6.45) is 1.08. The van der Waals surface area contributed by atoms with Crippen molar-refractivity contribution in [1.82, 2.24) is 10.2 Å². The fraction of sp³-hybridized carbons (Fsp3) is 0.464. The number of carbonyl (C=O) groups is 3. The highest BCUT2D eigenvalue weighted by atomic mass is 16.5. The fourth-order valence-corrected chi connectivity index (χ4v) is 4.70. The lowest BCUT2D eigenvalue weighted by Gasteiger charge is -2.28. The molecule has 0 radical (unpaired) electrons. The summed E-state index contributed by atoms with van der Waals surface area (Å²) in [5.74, 6) is -0.851. The van der Waals surface area contributed by atoms with Gasteiger partial charge < -0.3 is 20.1 Å². The summed E-state index contributed by atoms with van der Waals surface area (Å²) in [5.41, 5.74) is 4.59. The van der Waals surface area contributed by atoms with Crippen LogP contribution < -0.4 is 5.32 Å². The van der Waals surface area contributed by atoms with Crippen molar-refractivity contribution < 1.29 is 24.2 Å². The Labute approximate surface area is 207 Å². The first kappa shape index (κ1) is 26.3. The topological polar surface area (TPSA) is 95.9 Å². The predicted molar refractivity (Wildman–Crippen MR) is 135 cm³/mol. The van der Waals surface area contributed by atoms with Gasteiger partial charge in [0.05, 0.1) is 0 Å². The predicted octanol–water partition coefficient (Wildman–Crippen LogP) is 5.04. The van der Waals surface area contributed by atoms with Crippen LogP contribution in [0.2, 0.25) is 0 Å². The molecule has 0 heterocycles. The number of ether oxygens (including phenoxy) is 1. The number of fused-ring (bicyclic) bond motifs is 3. The van der Waals surface area contributed by atoms with Crippen LogP contribution in [0, 0.1) is 5.92 Å². The lowest BCUT2D eigenvalue weighted by atomic mass is 9.98. The van der Waals surface area contributed by atoms with Gasteiger partial charge in [-0.3, -0.25) is 9.59 Å². The fourth-order valence-electron chi connectivity index (χ4n) is 4.70. The molecule has 0 spiro atoms. The summed E-state index contributed by atoms with van der Waals surface area (Å²) in [5, 5.41) is 11.6. The first-order valence-corrected chi connectivity index (χ1v) is 12.4. The molecule has 188 valence electrons. The standard InChI is InChI=1S/C28H36N2O5/c1-4-30(16-10-9-15-26(31)32)27(33)25(17-19(2)3)29-28(34)35-18-24-22-13-7-5-11-20(22)21-12-6-8-14-23(21)24/h5-8,11-14,19,24-25H,4,9-10,15-18H2,1-3H3,(H,29,34)(H,31,32). The molecule has 2 N–H and O–H groups in total. The van der Waals surface area contributed by atoms with E-state index in [4.69, 9.17) is 9.84 Å². The third-order valence-electron chi connectivity index (χ3n) is 6.40. The van der Waals surface area contributed by atoms with Crippen LogP contribution >= 0.6 is 0 Å². The van der Waals surface area contributed by atoms with Crippen molar-refractivity contribution in [3.8, 4) is 11.1 Å². The molecule has 1 unspecified atom stereocenters. The van der Waals surface area contributed by atoms with E-state index in [1.54, 1.807) is 4.90 Å². The number of amides is 2. The van der Waals surface area contributed by atoms with Crippen molar-refractivity contribution in [2.24, 2.45) is 5.92 Å². The Hall–Kier alpha value is -3.35. The molecule has 7 heteroatoms. The van der Waals surface area contributed by atoms with E-state index < -0.39 is 18.1 Å². The van der Waals surface area contributed by atoms with E-state index in [1.165, 1.54) is 0 Å². The van der Waals surface area contributed by atoms with E-state index in [1.807, 2.05) is 45.0 Å². The minimum Gasteiger partial charge on any atom is -0.481 e. The van der Waals surface area contributed by atoms with Gasteiger partial charge in [0.2, 0.25) is 5.91 Å². The number of nitrogens with zero attached hydrogens (tertiary/aromatic N) is 1. The molecule has 2 aromatic rings. The normalized spacial score (nSPS) is 13.1. The van der Waals surface area contributed by atoms with Crippen LogP contribution in [0.3, 0.4) is 0 Å². The molecule has 1 aliphatic carbocycles. The number of rotatable bonds is 12. The Bertz CT molecular complexity index is 990. The van der Waals surface area contributed by atoms with Gasteiger partial charge in [0.1, 0.15) is 12.6 Å². The Morgan fingerprint density at radius 3 is 2.14 bits per heavy atom. The van der Waals surface area contributed by atoms with E-state index in [0.717, 1.165) is 22.3 Å². The van der Waals surface area contributed by atoms with Crippen molar-refractivity contribution in [3.63, 3.8) is 0 Å². The summed E-state index contributed by atoms with van der Waals surface area (Å²) in [7, 11) is 0. The van der Waals surface area contributed by atoms with Gasteiger partial charge in [0.25, 0.3) is 0 Å². The minimum absolute atomic E-state index is 0.0474. The molecule has 0 aliphatic heterocycles. The molecule has 1 atom stereocenters. The number of benzene rings is 2. The van der Waals surface area contributed by atoms with Crippen molar-refractivity contribution in [2.45, 2.75) is 58.4 Å². The van der Waals surface area contributed by atoms with Crippen LogP contribution in [0.4, 0.5) is 4.79 Å². The molecule has 0 aromatic heterocycles. The molecule has 0 fully saturated rings. The van der Waals surface area contributed by atoms with Crippen molar-refractivity contribution in [2.75, 3.05) is 19.7 Å². The van der Waals surface area contributed by atoms with Gasteiger partial charge >= 0.3 is 12.1 Å². The Morgan fingerprint density at radius 1 is 1.00 bits per heavy atom. The largest absolute Gasteiger partial charge is 0.481 e.